The Morgan fingerprint density at radius 2 is 2.15 bits per heavy atom. The van der Waals surface area contributed by atoms with Crippen molar-refractivity contribution in [2.45, 2.75) is 64.6 Å². The van der Waals surface area contributed by atoms with Crippen molar-refractivity contribution in [1.29, 1.82) is 0 Å². The van der Waals surface area contributed by atoms with E-state index < -0.39 is 0 Å². The van der Waals surface area contributed by atoms with Crippen LogP contribution in [0.15, 0.2) is 0 Å². The third kappa shape index (κ3) is 3.18. The Morgan fingerprint density at radius 1 is 1.45 bits per heavy atom. The van der Waals surface area contributed by atoms with Crippen molar-refractivity contribution in [3.63, 3.8) is 0 Å². The molecule has 0 bridgehead atoms. The molecule has 0 aliphatic carbocycles. The molecule has 1 unspecified atom stereocenters. The van der Waals surface area contributed by atoms with Crippen LogP contribution in [0.5, 0.6) is 0 Å². The van der Waals surface area contributed by atoms with Crippen LogP contribution < -0.4 is 5.32 Å². The molecule has 20 heavy (non-hydrogen) atoms. The lowest BCUT2D eigenvalue weighted by atomic mass is 9.86. The second kappa shape index (κ2) is 6.46. The van der Waals surface area contributed by atoms with Crippen molar-refractivity contribution < 1.29 is 4.74 Å². The van der Waals surface area contributed by atoms with Gasteiger partial charge in [0.25, 0.3) is 0 Å². The van der Waals surface area contributed by atoms with Gasteiger partial charge in [-0.3, -0.25) is 4.68 Å². The van der Waals surface area contributed by atoms with Gasteiger partial charge in [-0.2, -0.15) is 5.10 Å². The SMILES string of the molecule is CCC1(CC)CC(NCc2c(C)nn(C)c2Cl)CCO1. The van der Waals surface area contributed by atoms with Crippen molar-refractivity contribution in [3.05, 3.63) is 16.4 Å². The molecule has 1 aliphatic heterocycles. The first kappa shape index (κ1) is 15.8. The first-order valence-corrected chi connectivity index (χ1v) is 7.94. The number of nitrogens with zero attached hydrogens (tertiary/aromatic N) is 2. The molecule has 1 aromatic rings. The Hall–Kier alpha value is -0.580. The zero-order valence-corrected chi connectivity index (χ0v) is 13.8. The van der Waals surface area contributed by atoms with E-state index in [2.05, 4.69) is 24.3 Å². The number of hydrogen-bond acceptors (Lipinski definition) is 3. The molecule has 1 saturated heterocycles. The van der Waals surface area contributed by atoms with Crippen molar-refractivity contribution in [2.75, 3.05) is 6.61 Å². The number of nitrogens with one attached hydrogen (secondary N) is 1. The normalized spacial score (nSPS) is 22.1. The molecule has 2 rings (SSSR count). The third-order valence-corrected chi connectivity index (χ3v) is 5.09. The molecule has 1 fully saturated rings. The van der Waals surface area contributed by atoms with E-state index in [9.17, 15) is 0 Å². The van der Waals surface area contributed by atoms with Crippen LogP contribution in [-0.2, 0) is 18.3 Å². The van der Waals surface area contributed by atoms with Crippen LogP contribution in [0.1, 0.15) is 50.8 Å². The number of rotatable bonds is 5. The van der Waals surface area contributed by atoms with E-state index in [4.69, 9.17) is 16.3 Å². The molecule has 1 N–H and O–H groups in total. The summed E-state index contributed by atoms with van der Waals surface area (Å²) in [5.41, 5.74) is 2.18. The summed E-state index contributed by atoms with van der Waals surface area (Å²) in [6.07, 6.45) is 4.30. The largest absolute Gasteiger partial charge is 0.375 e. The molecule has 114 valence electrons. The standard InChI is InChI=1S/C15H26ClN3O/c1-5-15(6-2)9-12(7-8-20-15)17-10-13-11(3)18-19(4)14(13)16/h12,17H,5-10H2,1-4H3. The molecule has 1 aliphatic rings. The average Bonchev–Trinajstić information content (AvgIpc) is 2.70. The van der Waals surface area contributed by atoms with Gasteiger partial charge in [0.2, 0.25) is 0 Å². The summed E-state index contributed by atoms with van der Waals surface area (Å²) < 4.78 is 7.75. The van der Waals surface area contributed by atoms with Crippen LogP contribution in [-0.4, -0.2) is 28.0 Å². The smallest absolute Gasteiger partial charge is 0.131 e. The summed E-state index contributed by atoms with van der Waals surface area (Å²) in [5, 5.41) is 8.73. The van der Waals surface area contributed by atoms with Crippen molar-refractivity contribution in [2.24, 2.45) is 7.05 Å². The Labute approximate surface area is 126 Å². The number of ether oxygens (including phenoxy) is 1. The molecule has 0 spiro atoms. The van der Waals surface area contributed by atoms with E-state index >= 15 is 0 Å². The summed E-state index contributed by atoms with van der Waals surface area (Å²) in [5.74, 6) is 0. The van der Waals surface area contributed by atoms with Crippen LogP contribution in [0.3, 0.4) is 0 Å². The Kier molecular flexibility index (Phi) is 5.10. The van der Waals surface area contributed by atoms with Gasteiger partial charge in [-0.05, 0) is 32.6 Å². The van der Waals surface area contributed by atoms with Crippen molar-refractivity contribution in [1.82, 2.24) is 15.1 Å². The maximum Gasteiger partial charge on any atom is 0.131 e. The highest BCUT2D eigenvalue weighted by Crippen LogP contribution is 2.31. The number of aromatic nitrogens is 2. The van der Waals surface area contributed by atoms with Gasteiger partial charge in [0.05, 0.1) is 11.3 Å². The van der Waals surface area contributed by atoms with Gasteiger partial charge >= 0.3 is 0 Å². The zero-order valence-electron chi connectivity index (χ0n) is 13.0. The summed E-state index contributed by atoms with van der Waals surface area (Å²) in [7, 11) is 1.88. The number of aryl methyl sites for hydroxylation is 2. The van der Waals surface area contributed by atoms with Crippen molar-refractivity contribution >= 4 is 11.6 Å². The fraction of sp³-hybridized carbons (Fsp3) is 0.800. The Bertz CT molecular complexity index is 454. The molecule has 0 aromatic carbocycles. The summed E-state index contributed by atoms with van der Waals surface area (Å²) in [6, 6.07) is 0.499. The Morgan fingerprint density at radius 3 is 2.70 bits per heavy atom. The number of halogens is 1. The Balaban J connectivity index is 1.97. The number of hydrogen-bond donors (Lipinski definition) is 1. The topological polar surface area (TPSA) is 39.1 Å². The molecule has 5 heteroatoms. The molecule has 0 saturated carbocycles. The highest BCUT2D eigenvalue weighted by Gasteiger charge is 2.34. The summed E-state index contributed by atoms with van der Waals surface area (Å²) >= 11 is 6.28. The highest BCUT2D eigenvalue weighted by atomic mass is 35.5. The van der Waals surface area contributed by atoms with Gasteiger partial charge in [-0.15, -0.1) is 0 Å². The van der Waals surface area contributed by atoms with Gasteiger partial charge < -0.3 is 10.1 Å². The second-order valence-electron chi connectivity index (χ2n) is 5.79. The summed E-state index contributed by atoms with van der Waals surface area (Å²) in [6.45, 7) is 8.07. The van der Waals surface area contributed by atoms with E-state index in [1.807, 2.05) is 14.0 Å². The van der Waals surface area contributed by atoms with Gasteiger partial charge in [-0.25, -0.2) is 0 Å². The van der Waals surface area contributed by atoms with Crippen molar-refractivity contribution in [3.8, 4) is 0 Å². The highest BCUT2D eigenvalue weighted by molar-refractivity contribution is 6.30. The van der Waals surface area contributed by atoms with Gasteiger partial charge in [-0.1, -0.05) is 25.4 Å². The molecular weight excluding hydrogens is 274 g/mol. The van der Waals surface area contributed by atoms with E-state index in [0.29, 0.717) is 6.04 Å². The minimum Gasteiger partial charge on any atom is -0.375 e. The quantitative estimate of drug-likeness (QED) is 0.907. The molecule has 1 atom stereocenters. The van der Waals surface area contributed by atoms with E-state index in [1.54, 1.807) is 4.68 Å². The van der Waals surface area contributed by atoms with Crippen LogP contribution in [0.2, 0.25) is 5.15 Å². The molecular formula is C15H26ClN3O. The van der Waals surface area contributed by atoms with Gasteiger partial charge in [0.15, 0.2) is 0 Å². The predicted molar refractivity (Wildman–Crippen MR) is 82.1 cm³/mol. The molecule has 2 heterocycles. The minimum atomic E-state index is 0.0592. The minimum absolute atomic E-state index is 0.0592. The van der Waals surface area contributed by atoms with E-state index in [1.165, 1.54) is 0 Å². The average molecular weight is 300 g/mol. The first-order valence-electron chi connectivity index (χ1n) is 7.56. The molecule has 0 radical (unpaired) electrons. The third-order valence-electron chi connectivity index (χ3n) is 4.62. The fourth-order valence-electron chi connectivity index (χ4n) is 3.07. The van der Waals surface area contributed by atoms with Crippen LogP contribution >= 0.6 is 11.6 Å². The summed E-state index contributed by atoms with van der Waals surface area (Å²) in [4.78, 5) is 0. The van der Waals surface area contributed by atoms with Gasteiger partial charge in [0, 0.05) is 31.8 Å². The monoisotopic (exact) mass is 299 g/mol. The van der Waals surface area contributed by atoms with Crippen LogP contribution in [0.25, 0.3) is 0 Å². The van der Waals surface area contributed by atoms with E-state index in [-0.39, 0.29) is 5.60 Å². The lowest BCUT2D eigenvalue weighted by Gasteiger charge is -2.40. The first-order chi connectivity index (χ1) is 9.51. The molecule has 1 aromatic heterocycles. The maximum absolute atomic E-state index is 6.28. The lowest BCUT2D eigenvalue weighted by Crippen LogP contribution is -2.46. The second-order valence-corrected chi connectivity index (χ2v) is 6.15. The fourth-order valence-corrected chi connectivity index (χ4v) is 3.31. The van der Waals surface area contributed by atoms with E-state index in [0.717, 1.165) is 55.2 Å². The van der Waals surface area contributed by atoms with Gasteiger partial charge in [0.1, 0.15) is 5.15 Å². The molecule has 4 nitrogen and oxygen atoms in total. The molecule has 0 amide bonds. The zero-order chi connectivity index (χ0) is 14.8. The van der Waals surface area contributed by atoms with Crippen LogP contribution in [0, 0.1) is 6.92 Å². The maximum atomic E-state index is 6.28. The lowest BCUT2D eigenvalue weighted by molar-refractivity contribution is -0.0932. The van der Waals surface area contributed by atoms with Crippen LogP contribution in [0.4, 0.5) is 0 Å². The predicted octanol–water partition coefficient (Wildman–Crippen LogP) is 3.21.